The van der Waals surface area contributed by atoms with Crippen LogP contribution in [-0.2, 0) is 19.4 Å². The number of halogens is 1. The van der Waals surface area contributed by atoms with Crippen molar-refractivity contribution >= 4 is 44.5 Å². The van der Waals surface area contributed by atoms with Gasteiger partial charge in [-0.1, -0.05) is 11.6 Å². The molecule has 3 heterocycles. The summed E-state index contributed by atoms with van der Waals surface area (Å²) in [6.45, 7) is 0.545. The summed E-state index contributed by atoms with van der Waals surface area (Å²) in [6, 6.07) is 3.82. The van der Waals surface area contributed by atoms with Crippen molar-refractivity contribution in [2.45, 2.75) is 25.8 Å². The lowest BCUT2D eigenvalue weighted by Crippen LogP contribution is -2.20. The van der Waals surface area contributed by atoms with Crippen molar-refractivity contribution in [2.75, 3.05) is 0 Å². The van der Waals surface area contributed by atoms with Gasteiger partial charge in [-0.3, -0.25) is 9.36 Å². The van der Waals surface area contributed by atoms with Crippen molar-refractivity contribution in [1.82, 2.24) is 9.55 Å². The van der Waals surface area contributed by atoms with E-state index in [1.165, 1.54) is 21.8 Å². The molecule has 0 saturated heterocycles. The van der Waals surface area contributed by atoms with E-state index in [9.17, 15) is 4.79 Å². The Morgan fingerprint density at radius 3 is 3.00 bits per heavy atom. The van der Waals surface area contributed by atoms with Crippen LogP contribution in [0.15, 0.2) is 23.3 Å². The zero-order valence-electron chi connectivity index (χ0n) is 10.6. The van der Waals surface area contributed by atoms with Crippen LogP contribution in [0, 0.1) is 0 Å². The Morgan fingerprint density at radius 2 is 2.20 bits per heavy atom. The molecule has 0 saturated carbocycles. The van der Waals surface area contributed by atoms with Crippen LogP contribution in [0.25, 0.3) is 10.2 Å². The topological polar surface area (TPSA) is 34.9 Å². The number of hydrogen-bond donors (Lipinski definition) is 0. The SMILES string of the molecule is O=c1c2c3c(sc2ncn1Cc1ccc(Cl)s1)CCC3. The summed E-state index contributed by atoms with van der Waals surface area (Å²) in [7, 11) is 0. The molecule has 0 amide bonds. The lowest BCUT2D eigenvalue weighted by Gasteiger charge is -2.03. The Kier molecular flexibility index (Phi) is 2.94. The lowest BCUT2D eigenvalue weighted by atomic mass is 10.2. The Bertz CT molecular complexity index is 862. The van der Waals surface area contributed by atoms with Crippen LogP contribution in [0.3, 0.4) is 0 Å². The molecule has 1 aliphatic rings. The van der Waals surface area contributed by atoms with Crippen molar-refractivity contribution in [1.29, 1.82) is 0 Å². The van der Waals surface area contributed by atoms with Crippen LogP contribution >= 0.6 is 34.3 Å². The molecule has 20 heavy (non-hydrogen) atoms. The summed E-state index contributed by atoms with van der Waals surface area (Å²) >= 11 is 9.12. The van der Waals surface area contributed by atoms with E-state index in [0.29, 0.717) is 6.54 Å². The van der Waals surface area contributed by atoms with Gasteiger partial charge in [-0.15, -0.1) is 22.7 Å². The Labute approximate surface area is 128 Å². The second kappa shape index (κ2) is 4.69. The van der Waals surface area contributed by atoms with Gasteiger partial charge in [0.1, 0.15) is 4.83 Å². The zero-order chi connectivity index (χ0) is 13.7. The predicted molar refractivity (Wildman–Crippen MR) is 84.3 cm³/mol. The number of hydrogen-bond acceptors (Lipinski definition) is 4. The first kappa shape index (κ1) is 12.6. The molecule has 0 fully saturated rings. The van der Waals surface area contributed by atoms with E-state index in [4.69, 9.17) is 11.6 Å². The minimum absolute atomic E-state index is 0.0823. The lowest BCUT2D eigenvalue weighted by molar-refractivity contribution is 0.758. The Morgan fingerprint density at radius 1 is 1.30 bits per heavy atom. The molecule has 0 bridgehead atoms. The number of aryl methyl sites for hydroxylation is 2. The van der Waals surface area contributed by atoms with E-state index in [2.05, 4.69) is 4.98 Å². The normalized spacial score (nSPS) is 14.1. The predicted octanol–water partition coefficient (Wildman–Crippen LogP) is 3.71. The van der Waals surface area contributed by atoms with Gasteiger partial charge in [0.25, 0.3) is 5.56 Å². The van der Waals surface area contributed by atoms with Crippen molar-refractivity contribution in [2.24, 2.45) is 0 Å². The van der Waals surface area contributed by atoms with Crippen LogP contribution in [0.4, 0.5) is 0 Å². The molecule has 1 aliphatic carbocycles. The van der Waals surface area contributed by atoms with Crippen LogP contribution in [0.5, 0.6) is 0 Å². The molecule has 0 unspecified atom stereocenters. The zero-order valence-corrected chi connectivity index (χ0v) is 12.9. The third-order valence-electron chi connectivity index (χ3n) is 3.65. The van der Waals surface area contributed by atoms with E-state index < -0.39 is 0 Å². The average Bonchev–Trinajstić information content (AvgIpc) is 3.08. The molecule has 6 heteroatoms. The minimum Gasteiger partial charge on any atom is -0.293 e. The summed E-state index contributed by atoms with van der Waals surface area (Å²) in [6.07, 6.45) is 4.92. The largest absolute Gasteiger partial charge is 0.293 e. The second-order valence-electron chi connectivity index (χ2n) is 4.92. The van der Waals surface area contributed by atoms with Gasteiger partial charge in [0.05, 0.1) is 22.6 Å². The van der Waals surface area contributed by atoms with Crippen molar-refractivity contribution < 1.29 is 0 Å². The molecule has 3 aromatic heterocycles. The summed E-state index contributed by atoms with van der Waals surface area (Å²) in [5, 5.41) is 0.840. The van der Waals surface area contributed by atoms with E-state index in [0.717, 1.165) is 38.7 Å². The molecule has 102 valence electrons. The quantitative estimate of drug-likeness (QED) is 0.721. The average molecular weight is 323 g/mol. The summed E-state index contributed by atoms with van der Waals surface area (Å²) in [4.78, 5) is 20.4. The third-order valence-corrected chi connectivity index (χ3v) is 6.06. The van der Waals surface area contributed by atoms with Crippen molar-refractivity contribution in [3.63, 3.8) is 0 Å². The molecule has 0 spiro atoms. The fraction of sp³-hybridized carbons (Fsp3) is 0.286. The number of fused-ring (bicyclic) bond motifs is 3. The van der Waals surface area contributed by atoms with Gasteiger partial charge in [-0.25, -0.2) is 4.98 Å². The maximum Gasteiger partial charge on any atom is 0.262 e. The summed E-state index contributed by atoms with van der Waals surface area (Å²) in [5.41, 5.74) is 1.32. The van der Waals surface area contributed by atoms with Gasteiger partial charge in [0, 0.05) is 9.75 Å². The highest BCUT2D eigenvalue weighted by Gasteiger charge is 2.21. The molecule has 0 aliphatic heterocycles. The fourth-order valence-electron chi connectivity index (χ4n) is 2.74. The summed E-state index contributed by atoms with van der Waals surface area (Å²) in [5.74, 6) is 0. The second-order valence-corrected chi connectivity index (χ2v) is 7.80. The minimum atomic E-state index is 0.0823. The standard InChI is InChI=1S/C14H11ClN2OS2/c15-11-5-4-8(19-11)6-17-7-16-13-12(14(17)18)9-2-1-3-10(9)20-13/h4-5,7H,1-3,6H2. The first-order valence-corrected chi connectivity index (χ1v) is 8.47. The van der Waals surface area contributed by atoms with Crippen molar-refractivity contribution in [3.8, 4) is 0 Å². The van der Waals surface area contributed by atoms with E-state index >= 15 is 0 Å². The highest BCUT2D eigenvalue weighted by Crippen LogP contribution is 2.34. The van der Waals surface area contributed by atoms with Gasteiger partial charge in [-0.2, -0.15) is 0 Å². The highest BCUT2D eigenvalue weighted by atomic mass is 35.5. The highest BCUT2D eigenvalue weighted by molar-refractivity contribution is 7.18. The smallest absolute Gasteiger partial charge is 0.262 e. The number of nitrogens with zero attached hydrogens (tertiary/aromatic N) is 2. The van der Waals surface area contributed by atoms with Gasteiger partial charge in [0.15, 0.2) is 0 Å². The van der Waals surface area contributed by atoms with E-state index in [1.54, 1.807) is 22.2 Å². The van der Waals surface area contributed by atoms with Crippen LogP contribution in [0.1, 0.15) is 21.7 Å². The third kappa shape index (κ3) is 1.92. The molecule has 4 rings (SSSR count). The Hall–Kier alpha value is -1.17. The van der Waals surface area contributed by atoms with Crippen LogP contribution in [0.2, 0.25) is 4.34 Å². The monoisotopic (exact) mass is 322 g/mol. The maximum absolute atomic E-state index is 12.7. The maximum atomic E-state index is 12.7. The first-order chi connectivity index (χ1) is 9.72. The Balaban J connectivity index is 1.85. The first-order valence-electron chi connectivity index (χ1n) is 6.46. The van der Waals surface area contributed by atoms with Gasteiger partial charge in [-0.05, 0) is 37.0 Å². The molecule has 0 aromatic carbocycles. The number of thiophene rings is 2. The summed E-state index contributed by atoms with van der Waals surface area (Å²) < 4.78 is 2.44. The number of rotatable bonds is 2. The van der Waals surface area contributed by atoms with Crippen LogP contribution < -0.4 is 5.56 Å². The molecule has 0 atom stereocenters. The van der Waals surface area contributed by atoms with E-state index in [1.807, 2.05) is 12.1 Å². The van der Waals surface area contributed by atoms with E-state index in [-0.39, 0.29) is 5.56 Å². The molecule has 0 N–H and O–H groups in total. The number of aromatic nitrogens is 2. The van der Waals surface area contributed by atoms with Crippen LogP contribution in [-0.4, -0.2) is 9.55 Å². The van der Waals surface area contributed by atoms with Crippen molar-refractivity contribution in [3.05, 3.63) is 48.5 Å². The fourth-order valence-corrected chi connectivity index (χ4v) is 5.04. The molecule has 3 nitrogen and oxygen atoms in total. The molecule has 3 aromatic rings. The van der Waals surface area contributed by atoms with Gasteiger partial charge >= 0.3 is 0 Å². The molecular weight excluding hydrogens is 312 g/mol. The molecule has 0 radical (unpaired) electrons. The van der Waals surface area contributed by atoms with Gasteiger partial charge in [0.2, 0.25) is 0 Å². The van der Waals surface area contributed by atoms with Gasteiger partial charge < -0.3 is 0 Å². The molecular formula is C14H11ClN2OS2.